The highest BCUT2D eigenvalue weighted by Gasteiger charge is 2.33. The molecule has 2 heteroatoms. The summed E-state index contributed by atoms with van der Waals surface area (Å²) in [4.78, 5) is 2.75. The first-order chi connectivity index (χ1) is 8.78. The third-order valence-corrected chi connectivity index (χ3v) is 5.80. The number of nitrogens with zero attached hydrogens (tertiary/aromatic N) is 1. The Hall–Kier alpha value is 0.310. The van der Waals surface area contributed by atoms with Crippen LogP contribution in [0.3, 0.4) is 0 Å². The molecule has 2 aliphatic rings. The van der Waals surface area contributed by atoms with Crippen molar-refractivity contribution >= 4 is 12.6 Å². The normalized spacial score (nSPS) is 29.3. The minimum absolute atomic E-state index is 0.542. The van der Waals surface area contributed by atoms with Crippen LogP contribution in [0.15, 0.2) is 0 Å². The molecule has 106 valence electrons. The fourth-order valence-corrected chi connectivity index (χ4v) is 4.44. The number of likely N-dealkylation sites (tertiary alicyclic amines) is 1. The Bertz CT molecular complexity index is 233. The van der Waals surface area contributed by atoms with Crippen LogP contribution in [0.2, 0.25) is 0 Å². The predicted octanol–water partition coefficient (Wildman–Crippen LogP) is 4.38. The Kier molecular flexibility index (Phi) is 5.88. The molecule has 18 heavy (non-hydrogen) atoms. The van der Waals surface area contributed by atoms with Crippen LogP contribution in [0.25, 0.3) is 0 Å². The Morgan fingerprint density at radius 1 is 1.17 bits per heavy atom. The second kappa shape index (κ2) is 7.19. The van der Waals surface area contributed by atoms with E-state index < -0.39 is 0 Å². The maximum absolute atomic E-state index is 4.71. The van der Waals surface area contributed by atoms with Gasteiger partial charge in [0.2, 0.25) is 0 Å². The summed E-state index contributed by atoms with van der Waals surface area (Å²) in [5, 5.41) is 0. The number of hydrogen-bond acceptors (Lipinski definition) is 2. The highest BCUT2D eigenvalue weighted by molar-refractivity contribution is 7.80. The summed E-state index contributed by atoms with van der Waals surface area (Å²) in [5.41, 5.74) is 0.542. The van der Waals surface area contributed by atoms with Crippen LogP contribution in [-0.4, -0.2) is 30.3 Å². The van der Waals surface area contributed by atoms with Crippen molar-refractivity contribution in [3.05, 3.63) is 0 Å². The van der Waals surface area contributed by atoms with Crippen molar-refractivity contribution in [2.24, 2.45) is 11.3 Å². The highest BCUT2D eigenvalue weighted by atomic mass is 32.1. The molecule has 0 N–H and O–H groups in total. The van der Waals surface area contributed by atoms with E-state index in [9.17, 15) is 0 Å². The van der Waals surface area contributed by atoms with Crippen molar-refractivity contribution < 1.29 is 0 Å². The topological polar surface area (TPSA) is 3.24 Å². The van der Waals surface area contributed by atoms with Crippen molar-refractivity contribution in [1.82, 2.24) is 4.90 Å². The summed E-state index contributed by atoms with van der Waals surface area (Å²) in [6.45, 7) is 6.36. The first-order valence-corrected chi connectivity index (χ1v) is 8.74. The second-order valence-corrected chi connectivity index (χ2v) is 7.07. The van der Waals surface area contributed by atoms with Gasteiger partial charge < -0.3 is 4.90 Å². The Labute approximate surface area is 119 Å². The van der Waals surface area contributed by atoms with Gasteiger partial charge in [-0.3, -0.25) is 0 Å². The summed E-state index contributed by atoms with van der Waals surface area (Å²) >= 11 is 4.71. The summed E-state index contributed by atoms with van der Waals surface area (Å²) in [5.74, 6) is 2.08. The number of hydrogen-bond donors (Lipinski definition) is 1. The molecular weight excluding hydrogens is 238 g/mol. The Balaban J connectivity index is 1.86. The van der Waals surface area contributed by atoms with E-state index >= 15 is 0 Å². The number of thiol groups is 1. The van der Waals surface area contributed by atoms with Gasteiger partial charge in [-0.05, 0) is 49.3 Å². The van der Waals surface area contributed by atoms with Gasteiger partial charge in [0.05, 0.1) is 0 Å². The first-order valence-electron chi connectivity index (χ1n) is 8.11. The van der Waals surface area contributed by atoms with Gasteiger partial charge in [0.1, 0.15) is 0 Å². The molecule has 1 unspecified atom stereocenters. The van der Waals surface area contributed by atoms with E-state index in [0.29, 0.717) is 5.41 Å². The van der Waals surface area contributed by atoms with E-state index in [-0.39, 0.29) is 0 Å². The van der Waals surface area contributed by atoms with E-state index in [1.165, 1.54) is 77.4 Å². The molecule has 1 atom stereocenters. The molecule has 0 radical (unpaired) electrons. The molecule has 1 saturated heterocycles. The van der Waals surface area contributed by atoms with Gasteiger partial charge >= 0.3 is 0 Å². The molecule has 1 aliphatic carbocycles. The monoisotopic (exact) mass is 269 g/mol. The van der Waals surface area contributed by atoms with E-state index in [0.717, 1.165) is 11.7 Å². The molecule has 2 fully saturated rings. The van der Waals surface area contributed by atoms with Gasteiger partial charge in [-0.1, -0.05) is 39.0 Å². The fourth-order valence-electron chi connectivity index (χ4n) is 4.02. The summed E-state index contributed by atoms with van der Waals surface area (Å²) in [6, 6.07) is 0. The van der Waals surface area contributed by atoms with Gasteiger partial charge in [0.25, 0.3) is 0 Å². The zero-order valence-corrected chi connectivity index (χ0v) is 13.1. The fraction of sp³-hybridized carbons (Fsp3) is 1.00. The van der Waals surface area contributed by atoms with Crippen LogP contribution < -0.4 is 0 Å². The molecule has 0 aromatic rings. The average Bonchev–Trinajstić information content (AvgIpc) is 2.67. The standard InChI is InChI=1S/C16H31NS/c1-2-7-15-8-11-17(12-15)13-16(14-18)9-5-3-4-6-10-16/h15,18H,2-14H2,1H3. The lowest BCUT2D eigenvalue weighted by molar-refractivity contribution is 0.170. The Morgan fingerprint density at radius 3 is 2.50 bits per heavy atom. The van der Waals surface area contributed by atoms with Crippen LogP contribution in [0.1, 0.15) is 64.7 Å². The summed E-state index contributed by atoms with van der Waals surface area (Å²) < 4.78 is 0. The zero-order chi connectivity index (χ0) is 12.8. The van der Waals surface area contributed by atoms with Gasteiger partial charge in [0.15, 0.2) is 0 Å². The minimum Gasteiger partial charge on any atom is -0.302 e. The third kappa shape index (κ3) is 3.90. The second-order valence-electron chi connectivity index (χ2n) is 6.75. The van der Waals surface area contributed by atoms with Crippen molar-refractivity contribution in [2.45, 2.75) is 64.7 Å². The summed E-state index contributed by atoms with van der Waals surface area (Å²) in [7, 11) is 0. The van der Waals surface area contributed by atoms with Crippen molar-refractivity contribution in [1.29, 1.82) is 0 Å². The van der Waals surface area contributed by atoms with Gasteiger partial charge in [0, 0.05) is 13.1 Å². The minimum atomic E-state index is 0.542. The van der Waals surface area contributed by atoms with Crippen molar-refractivity contribution in [3.63, 3.8) is 0 Å². The van der Waals surface area contributed by atoms with Gasteiger partial charge in [-0.15, -0.1) is 0 Å². The molecule has 0 amide bonds. The largest absolute Gasteiger partial charge is 0.302 e. The Morgan fingerprint density at radius 2 is 1.89 bits per heavy atom. The van der Waals surface area contributed by atoms with Crippen LogP contribution in [0.4, 0.5) is 0 Å². The lowest BCUT2D eigenvalue weighted by atomic mass is 9.81. The van der Waals surface area contributed by atoms with E-state index in [1.807, 2.05) is 0 Å². The van der Waals surface area contributed by atoms with Crippen LogP contribution in [-0.2, 0) is 0 Å². The molecule has 0 spiro atoms. The molecule has 0 bridgehead atoms. The maximum atomic E-state index is 4.71. The van der Waals surface area contributed by atoms with Gasteiger partial charge in [-0.2, -0.15) is 12.6 Å². The first kappa shape index (κ1) is 14.7. The molecule has 1 aliphatic heterocycles. The average molecular weight is 269 g/mol. The molecular formula is C16H31NS. The van der Waals surface area contributed by atoms with E-state index in [2.05, 4.69) is 11.8 Å². The van der Waals surface area contributed by atoms with Crippen molar-refractivity contribution in [3.8, 4) is 0 Å². The molecule has 2 rings (SSSR count). The SMILES string of the molecule is CCCC1CCN(CC2(CS)CCCCCC2)C1. The van der Waals surface area contributed by atoms with Gasteiger partial charge in [-0.25, -0.2) is 0 Å². The van der Waals surface area contributed by atoms with E-state index in [4.69, 9.17) is 12.6 Å². The molecule has 0 aromatic carbocycles. The van der Waals surface area contributed by atoms with E-state index in [1.54, 1.807) is 0 Å². The molecule has 1 saturated carbocycles. The van der Waals surface area contributed by atoms with Crippen LogP contribution in [0, 0.1) is 11.3 Å². The molecule has 0 aromatic heterocycles. The predicted molar refractivity (Wildman–Crippen MR) is 83.4 cm³/mol. The lowest BCUT2D eigenvalue weighted by Crippen LogP contribution is -2.38. The van der Waals surface area contributed by atoms with Crippen LogP contribution in [0.5, 0.6) is 0 Å². The lowest BCUT2D eigenvalue weighted by Gasteiger charge is -2.35. The maximum Gasteiger partial charge on any atom is 0.00459 e. The molecule has 1 nitrogen and oxygen atoms in total. The number of rotatable bonds is 5. The summed E-state index contributed by atoms with van der Waals surface area (Å²) in [6.07, 6.45) is 12.9. The quantitative estimate of drug-likeness (QED) is 0.572. The van der Waals surface area contributed by atoms with Crippen LogP contribution >= 0.6 is 12.6 Å². The zero-order valence-electron chi connectivity index (χ0n) is 12.2. The molecule has 1 heterocycles. The van der Waals surface area contributed by atoms with Crippen molar-refractivity contribution in [2.75, 3.05) is 25.4 Å². The smallest absolute Gasteiger partial charge is 0.00459 e. The highest BCUT2D eigenvalue weighted by Crippen LogP contribution is 2.38. The third-order valence-electron chi connectivity index (χ3n) is 5.13.